The van der Waals surface area contributed by atoms with E-state index in [2.05, 4.69) is 72.5 Å². The molecule has 0 saturated heterocycles. The topological polar surface area (TPSA) is 3.24 Å². The molecule has 1 nitrogen and oxygen atoms in total. The van der Waals surface area contributed by atoms with Gasteiger partial charge < -0.3 is 4.90 Å². The Bertz CT molecular complexity index is 762. The number of para-hydroxylation sites is 1. The Morgan fingerprint density at radius 3 is 2.30 bits per heavy atom. The Morgan fingerprint density at radius 1 is 0.750 bits per heavy atom. The molecule has 3 aromatic rings. The molecule has 20 heavy (non-hydrogen) atoms. The molecular weight excluding hydrogens is 242 g/mol. The monoisotopic (exact) mass is 259 g/mol. The zero-order chi connectivity index (χ0) is 13.5. The van der Waals surface area contributed by atoms with Crippen LogP contribution in [0.1, 0.15) is 16.7 Å². The number of rotatable bonds is 1. The molecule has 0 saturated carbocycles. The largest absolute Gasteiger partial charge is 0.363 e. The zero-order valence-corrected chi connectivity index (χ0v) is 11.6. The Hall–Kier alpha value is -2.28. The van der Waals surface area contributed by atoms with Gasteiger partial charge in [-0.15, -0.1) is 0 Å². The molecule has 0 N–H and O–H groups in total. The first-order chi connectivity index (χ1) is 9.83. The second-order valence-corrected chi connectivity index (χ2v) is 5.57. The second kappa shape index (κ2) is 4.38. The van der Waals surface area contributed by atoms with E-state index in [0.717, 1.165) is 13.1 Å². The first kappa shape index (κ1) is 11.5. The van der Waals surface area contributed by atoms with Crippen LogP contribution in [0.5, 0.6) is 0 Å². The first-order valence-corrected chi connectivity index (χ1v) is 7.13. The Morgan fingerprint density at radius 2 is 1.50 bits per heavy atom. The van der Waals surface area contributed by atoms with Gasteiger partial charge in [-0.2, -0.15) is 0 Å². The van der Waals surface area contributed by atoms with Crippen molar-refractivity contribution < 1.29 is 0 Å². The van der Waals surface area contributed by atoms with E-state index in [1.165, 1.54) is 33.2 Å². The quantitative estimate of drug-likeness (QED) is 0.614. The molecule has 0 aliphatic carbocycles. The molecule has 0 bridgehead atoms. The van der Waals surface area contributed by atoms with Crippen LogP contribution >= 0.6 is 0 Å². The molecule has 3 aromatic carbocycles. The molecule has 0 radical (unpaired) electrons. The maximum Gasteiger partial charge on any atom is 0.0439 e. The van der Waals surface area contributed by atoms with Crippen molar-refractivity contribution in [2.75, 3.05) is 4.90 Å². The molecule has 1 heteroatoms. The van der Waals surface area contributed by atoms with E-state index in [0.29, 0.717) is 0 Å². The van der Waals surface area contributed by atoms with Gasteiger partial charge in [-0.25, -0.2) is 0 Å². The second-order valence-electron chi connectivity index (χ2n) is 5.57. The summed E-state index contributed by atoms with van der Waals surface area (Å²) in [5, 5.41) is 2.88. The number of anilines is 1. The lowest BCUT2D eigenvalue weighted by Crippen LogP contribution is -2.26. The lowest BCUT2D eigenvalue weighted by atomic mass is 9.92. The number of benzene rings is 3. The minimum Gasteiger partial charge on any atom is -0.363 e. The van der Waals surface area contributed by atoms with Crippen molar-refractivity contribution in [1.29, 1.82) is 0 Å². The molecule has 1 heterocycles. The van der Waals surface area contributed by atoms with Gasteiger partial charge in [-0.05, 0) is 46.5 Å². The molecule has 0 aromatic heterocycles. The average Bonchev–Trinajstić information content (AvgIpc) is 2.51. The highest BCUT2D eigenvalue weighted by Gasteiger charge is 2.19. The summed E-state index contributed by atoms with van der Waals surface area (Å²) in [6.07, 6.45) is 0. The van der Waals surface area contributed by atoms with Crippen LogP contribution in [0.3, 0.4) is 0 Å². The van der Waals surface area contributed by atoms with E-state index in [9.17, 15) is 0 Å². The van der Waals surface area contributed by atoms with E-state index in [4.69, 9.17) is 0 Å². The van der Waals surface area contributed by atoms with Crippen molar-refractivity contribution in [3.05, 3.63) is 77.4 Å². The lowest BCUT2D eigenvalue weighted by molar-refractivity contribution is 0.788. The predicted octanol–water partition coefficient (Wildman–Crippen LogP) is 4.67. The van der Waals surface area contributed by atoms with Gasteiger partial charge in [0.25, 0.3) is 0 Å². The summed E-state index contributed by atoms with van der Waals surface area (Å²) in [5.41, 5.74) is 5.56. The third kappa shape index (κ3) is 1.70. The smallest absolute Gasteiger partial charge is 0.0439 e. The summed E-state index contributed by atoms with van der Waals surface area (Å²) in [6.45, 7) is 4.20. The molecule has 0 amide bonds. The van der Waals surface area contributed by atoms with Crippen molar-refractivity contribution in [1.82, 2.24) is 0 Å². The van der Waals surface area contributed by atoms with E-state index < -0.39 is 0 Å². The minimum absolute atomic E-state index is 0.998. The van der Waals surface area contributed by atoms with Crippen molar-refractivity contribution in [3.63, 3.8) is 0 Å². The van der Waals surface area contributed by atoms with Crippen molar-refractivity contribution in [2.45, 2.75) is 20.0 Å². The van der Waals surface area contributed by atoms with E-state index in [-0.39, 0.29) is 0 Å². The molecular formula is C19H17N. The number of hydrogen-bond acceptors (Lipinski definition) is 1. The maximum atomic E-state index is 2.45. The minimum atomic E-state index is 0.998. The summed E-state index contributed by atoms with van der Waals surface area (Å²) in [5.74, 6) is 0. The Balaban J connectivity index is 1.87. The molecule has 0 atom stereocenters. The van der Waals surface area contributed by atoms with Crippen molar-refractivity contribution >= 4 is 16.5 Å². The van der Waals surface area contributed by atoms with Crippen LogP contribution in [0, 0.1) is 6.92 Å². The predicted molar refractivity (Wildman–Crippen MR) is 85.0 cm³/mol. The molecule has 0 unspecified atom stereocenters. The summed E-state index contributed by atoms with van der Waals surface area (Å²) < 4.78 is 0. The molecule has 4 rings (SSSR count). The van der Waals surface area contributed by atoms with Gasteiger partial charge >= 0.3 is 0 Å². The Labute approximate surface area is 119 Å². The Kier molecular flexibility index (Phi) is 2.53. The van der Waals surface area contributed by atoms with Crippen LogP contribution in [0.15, 0.2) is 60.7 Å². The van der Waals surface area contributed by atoms with Crippen LogP contribution in [-0.4, -0.2) is 0 Å². The first-order valence-electron chi connectivity index (χ1n) is 7.13. The van der Waals surface area contributed by atoms with Crippen LogP contribution in [0.2, 0.25) is 0 Å². The van der Waals surface area contributed by atoms with Gasteiger partial charge in [0.2, 0.25) is 0 Å². The van der Waals surface area contributed by atoms with Gasteiger partial charge in [0, 0.05) is 18.8 Å². The summed E-state index contributed by atoms with van der Waals surface area (Å²) in [4.78, 5) is 2.45. The van der Waals surface area contributed by atoms with E-state index >= 15 is 0 Å². The van der Waals surface area contributed by atoms with Gasteiger partial charge in [-0.3, -0.25) is 0 Å². The SMILES string of the molecule is Cc1ccc2c3c(cccc13)CN(c1ccccc1)C2. The van der Waals surface area contributed by atoms with Crippen LogP contribution < -0.4 is 4.90 Å². The van der Waals surface area contributed by atoms with Gasteiger partial charge in [-0.1, -0.05) is 48.5 Å². The van der Waals surface area contributed by atoms with Crippen LogP contribution in [0.25, 0.3) is 10.8 Å². The van der Waals surface area contributed by atoms with Gasteiger partial charge in [0.1, 0.15) is 0 Å². The third-order valence-electron chi connectivity index (χ3n) is 4.27. The highest BCUT2D eigenvalue weighted by molar-refractivity contribution is 5.92. The molecule has 1 aliphatic rings. The highest BCUT2D eigenvalue weighted by Crippen LogP contribution is 2.33. The number of aryl methyl sites for hydroxylation is 1. The molecule has 1 aliphatic heterocycles. The highest BCUT2D eigenvalue weighted by atomic mass is 15.1. The van der Waals surface area contributed by atoms with Gasteiger partial charge in [0.05, 0.1) is 0 Å². The fourth-order valence-corrected chi connectivity index (χ4v) is 3.26. The fourth-order valence-electron chi connectivity index (χ4n) is 3.26. The van der Waals surface area contributed by atoms with Crippen LogP contribution in [-0.2, 0) is 13.1 Å². The van der Waals surface area contributed by atoms with Crippen molar-refractivity contribution in [2.24, 2.45) is 0 Å². The summed E-state index contributed by atoms with van der Waals surface area (Å²) in [6, 6.07) is 21.9. The van der Waals surface area contributed by atoms with E-state index in [1.54, 1.807) is 0 Å². The number of nitrogens with zero attached hydrogens (tertiary/aromatic N) is 1. The summed E-state index contributed by atoms with van der Waals surface area (Å²) >= 11 is 0. The van der Waals surface area contributed by atoms with Crippen molar-refractivity contribution in [3.8, 4) is 0 Å². The average molecular weight is 259 g/mol. The fraction of sp³-hybridized carbons (Fsp3) is 0.158. The number of hydrogen-bond donors (Lipinski definition) is 0. The molecule has 0 spiro atoms. The molecule has 0 fully saturated rings. The lowest BCUT2D eigenvalue weighted by Gasteiger charge is -2.31. The third-order valence-corrected chi connectivity index (χ3v) is 4.27. The zero-order valence-electron chi connectivity index (χ0n) is 11.6. The normalized spacial score (nSPS) is 13.8. The standard InChI is InChI=1S/C19H17N/c1-14-10-11-16-13-20(17-7-3-2-4-8-17)12-15-6-5-9-18(14)19(15)16/h2-11H,12-13H2,1H3. The summed E-state index contributed by atoms with van der Waals surface area (Å²) in [7, 11) is 0. The maximum absolute atomic E-state index is 2.45. The molecule has 98 valence electrons. The van der Waals surface area contributed by atoms with Gasteiger partial charge in [0.15, 0.2) is 0 Å². The van der Waals surface area contributed by atoms with Crippen LogP contribution in [0.4, 0.5) is 5.69 Å². The van der Waals surface area contributed by atoms with E-state index in [1.807, 2.05) is 0 Å².